The van der Waals surface area contributed by atoms with Gasteiger partial charge >= 0.3 is 0 Å². The zero-order valence-electron chi connectivity index (χ0n) is 12.6. The third-order valence-corrected chi connectivity index (χ3v) is 3.95. The van der Waals surface area contributed by atoms with Crippen molar-refractivity contribution in [1.82, 2.24) is 4.90 Å². The second-order valence-corrected chi connectivity index (χ2v) is 5.51. The van der Waals surface area contributed by atoms with E-state index in [-0.39, 0.29) is 11.8 Å². The lowest BCUT2D eigenvalue weighted by atomic mass is 9.97. The van der Waals surface area contributed by atoms with Gasteiger partial charge in [-0.05, 0) is 29.7 Å². The standard InChI is InChI=1S/C20H19NO/c1-16-9-8-14-21(15-19(16)22)20(17-10-4-2-5-11-17)18-12-6-3-7-13-18/h2-14,20H,15H2,1H3. The molecule has 0 saturated carbocycles. The molecule has 2 heteroatoms. The van der Waals surface area contributed by atoms with Crippen LogP contribution < -0.4 is 0 Å². The molecule has 0 unspecified atom stereocenters. The molecule has 22 heavy (non-hydrogen) atoms. The fourth-order valence-electron chi connectivity index (χ4n) is 2.76. The molecule has 1 aliphatic heterocycles. The van der Waals surface area contributed by atoms with Crippen LogP contribution in [-0.4, -0.2) is 17.2 Å². The van der Waals surface area contributed by atoms with Crippen LogP contribution in [0, 0.1) is 0 Å². The van der Waals surface area contributed by atoms with Gasteiger partial charge in [-0.25, -0.2) is 0 Å². The van der Waals surface area contributed by atoms with Crippen LogP contribution in [0.4, 0.5) is 0 Å². The van der Waals surface area contributed by atoms with Gasteiger partial charge in [-0.15, -0.1) is 0 Å². The van der Waals surface area contributed by atoms with Gasteiger partial charge in [-0.3, -0.25) is 4.79 Å². The predicted molar refractivity (Wildman–Crippen MR) is 89.3 cm³/mol. The first-order valence-corrected chi connectivity index (χ1v) is 7.49. The number of allylic oxidation sites excluding steroid dienone is 2. The molecule has 1 aliphatic rings. The first-order chi connectivity index (χ1) is 10.8. The molecule has 2 nitrogen and oxygen atoms in total. The van der Waals surface area contributed by atoms with Gasteiger partial charge in [0.1, 0.15) is 0 Å². The number of carbonyl (C=O) groups excluding carboxylic acids is 1. The van der Waals surface area contributed by atoms with Crippen LogP contribution in [0.1, 0.15) is 24.1 Å². The smallest absolute Gasteiger partial charge is 0.177 e. The Balaban J connectivity index is 2.02. The summed E-state index contributed by atoms with van der Waals surface area (Å²) in [6.45, 7) is 2.27. The van der Waals surface area contributed by atoms with Gasteiger partial charge in [-0.2, -0.15) is 0 Å². The molecule has 0 aliphatic carbocycles. The summed E-state index contributed by atoms with van der Waals surface area (Å²) in [5.74, 6) is 0.168. The summed E-state index contributed by atoms with van der Waals surface area (Å²) in [4.78, 5) is 14.4. The lowest BCUT2D eigenvalue weighted by Gasteiger charge is -2.30. The van der Waals surface area contributed by atoms with Crippen molar-refractivity contribution in [2.75, 3.05) is 6.54 Å². The molecule has 0 N–H and O–H groups in total. The van der Waals surface area contributed by atoms with Crippen LogP contribution in [0.5, 0.6) is 0 Å². The van der Waals surface area contributed by atoms with Gasteiger partial charge in [0.2, 0.25) is 0 Å². The van der Waals surface area contributed by atoms with Gasteiger partial charge in [0.15, 0.2) is 5.78 Å². The number of Topliss-reactive ketones (excluding diaryl/α,β-unsaturated/α-hetero) is 1. The van der Waals surface area contributed by atoms with Crippen molar-refractivity contribution in [3.8, 4) is 0 Å². The Bertz CT molecular complexity index is 662. The summed E-state index contributed by atoms with van der Waals surface area (Å²) in [6, 6.07) is 20.7. The van der Waals surface area contributed by atoms with E-state index < -0.39 is 0 Å². The highest BCUT2D eigenvalue weighted by Gasteiger charge is 2.23. The topological polar surface area (TPSA) is 20.3 Å². The minimum atomic E-state index is 0.0434. The highest BCUT2D eigenvalue weighted by molar-refractivity contribution is 5.97. The van der Waals surface area contributed by atoms with Crippen LogP contribution in [-0.2, 0) is 4.79 Å². The Hall–Kier alpha value is -2.61. The van der Waals surface area contributed by atoms with Crippen molar-refractivity contribution in [2.24, 2.45) is 0 Å². The number of nitrogens with zero attached hydrogens (tertiary/aromatic N) is 1. The zero-order valence-corrected chi connectivity index (χ0v) is 12.6. The Morgan fingerprint density at radius 1 is 0.909 bits per heavy atom. The minimum Gasteiger partial charge on any atom is -0.359 e. The second-order valence-electron chi connectivity index (χ2n) is 5.51. The van der Waals surface area contributed by atoms with Crippen LogP contribution in [0.15, 0.2) is 84.6 Å². The summed E-state index contributed by atoms with van der Waals surface area (Å²) in [7, 11) is 0. The summed E-state index contributed by atoms with van der Waals surface area (Å²) in [5.41, 5.74) is 3.18. The van der Waals surface area contributed by atoms with Crippen molar-refractivity contribution < 1.29 is 4.79 Å². The number of ketones is 1. The average molecular weight is 289 g/mol. The van der Waals surface area contributed by atoms with Crippen molar-refractivity contribution >= 4 is 5.78 Å². The number of hydrogen-bond donors (Lipinski definition) is 0. The first kappa shape index (κ1) is 14.3. The highest BCUT2D eigenvalue weighted by Crippen LogP contribution is 2.29. The van der Waals surface area contributed by atoms with E-state index in [1.54, 1.807) is 0 Å². The summed E-state index contributed by atoms with van der Waals surface area (Å²) < 4.78 is 0. The van der Waals surface area contributed by atoms with E-state index >= 15 is 0 Å². The summed E-state index contributed by atoms with van der Waals surface area (Å²) in [6.07, 6.45) is 5.85. The molecule has 0 bridgehead atoms. The SMILES string of the molecule is CC1=CC=CN(C(c2ccccc2)c2ccccc2)CC1=O. The van der Waals surface area contributed by atoms with E-state index in [1.807, 2.05) is 61.7 Å². The lowest BCUT2D eigenvalue weighted by Crippen LogP contribution is -2.29. The van der Waals surface area contributed by atoms with E-state index in [2.05, 4.69) is 29.2 Å². The molecule has 2 aromatic rings. The van der Waals surface area contributed by atoms with Crippen LogP contribution in [0.25, 0.3) is 0 Å². The average Bonchev–Trinajstić information content (AvgIpc) is 2.72. The molecular formula is C20H19NO. The van der Waals surface area contributed by atoms with Gasteiger partial charge < -0.3 is 4.90 Å². The van der Waals surface area contributed by atoms with Crippen LogP contribution >= 0.6 is 0 Å². The maximum absolute atomic E-state index is 12.2. The molecule has 0 amide bonds. The van der Waals surface area contributed by atoms with Crippen molar-refractivity contribution in [2.45, 2.75) is 13.0 Å². The molecule has 3 rings (SSSR count). The molecule has 1 heterocycles. The first-order valence-electron chi connectivity index (χ1n) is 7.49. The third-order valence-electron chi connectivity index (χ3n) is 3.95. The Labute approximate surface area is 131 Å². The third kappa shape index (κ3) is 3.01. The van der Waals surface area contributed by atoms with Crippen molar-refractivity contribution in [1.29, 1.82) is 0 Å². The van der Waals surface area contributed by atoms with E-state index in [4.69, 9.17) is 0 Å². The second kappa shape index (κ2) is 6.44. The maximum Gasteiger partial charge on any atom is 0.177 e. The highest BCUT2D eigenvalue weighted by atomic mass is 16.1. The molecule has 0 saturated heterocycles. The summed E-state index contributed by atoms with van der Waals surface area (Å²) >= 11 is 0. The number of rotatable bonds is 3. The molecule has 0 aromatic heterocycles. The monoisotopic (exact) mass is 289 g/mol. The largest absolute Gasteiger partial charge is 0.359 e. The number of hydrogen-bond acceptors (Lipinski definition) is 2. The Morgan fingerprint density at radius 2 is 1.45 bits per heavy atom. The van der Waals surface area contributed by atoms with E-state index in [0.717, 1.165) is 5.57 Å². The number of carbonyl (C=O) groups is 1. The maximum atomic E-state index is 12.2. The number of benzene rings is 2. The fourth-order valence-corrected chi connectivity index (χ4v) is 2.76. The normalized spacial score (nSPS) is 14.9. The molecule has 2 aromatic carbocycles. The molecule has 0 fully saturated rings. The summed E-state index contributed by atoms with van der Waals surface area (Å²) in [5, 5.41) is 0. The van der Waals surface area contributed by atoms with Crippen molar-refractivity contribution in [3.63, 3.8) is 0 Å². The molecule has 110 valence electrons. The Morgan fingerprint density at radius 3 is 2.00 bits per heavy atom. The van der Waals surface area contributed by atoms with E-state index in [9.17, 15) is 4.79 Å². The lowest BCUT2D eigenvalue weighted by molar-refractivity contribution is -0.116. The van der Waals surface area contributed by atoms with Gasteiger partial charge in [-0.1, -0.05) is 66.7 Å². The minimum absolute atomic E-state index is 0.0434. The molecule has 0 spiro atoms. The predicted octanol–water partition coefficient (Wildman–Crippen LogP) is 4.12. The Kier molecular flexibility index (Phi) is 4.19. The zero-order chi connectivity index (χ0) is 15.4. The van der Waals surface area contributed by atoms with Gasteiger partial charge in [0.25, 0.3) is 0 Å². The molecule has 0 radical (unpaired) electrons. The molecule has 0 atom stereocenters. The van der Waals surface area contributed by atoms with E-state index in [1.165, 1.54) is 11.1 Å². The quantitative estimate of drug-likeness (QED) is 0.847. The van der Waals surface area contributed by atoms with Gasteiger partial charge in [0.05, 0.1) is 12.6 Å². The van der Waals surface area contributed by atoms with Crippen LogP contribution in [0.3, 0.4) is 0 Å². The van der Waals surface area contributed by atoms with Crippen LogP contribution in [0.2, 0.25) is 0 Å². The van der Waals surface area contributed by atoms with E-state index in [0.29, 0.717) is 6.54 Å². The molecular weight excluding hydrogens is 270 g/mol. The van der Waals surface area contributed by atoms with Crippen molar-refractivity contribution in [3.05, 3.63) is 95.7 Å². The fraction of sp³-hybridized carbons (Fsp3) is 0.150. The van der Waals surface area contributed by atoms with Gasteiger partial charge in [0, 0.05) is 6.20 Å².